The number of hydrogen-bond acceptors (Lipinski definition) is 3. The first-order valence-corrected chi connectivity index (χ1v) is 5.09. The van der Waals surface area contributed by atoms with Gasteiger partial charge in [0, 0.05) is 11.1 Å². The van der Waals surface area contributed by atoms with Crippen LogP contribution in [0, 0.1) is 13.8 Å². The van der Waals surface area contributed by atoms with Gasteiger partial charge in [-0.15, -0.1) is 0 Å². The number of methoxy groups -OCH3 is 1. The van der Waals surface area contributed by atoms with Crippen LogP contribution in [0.4, 0.5) is 0 Å². The van der Waals surface area contributed by atoms with Crippen molar-refractivity contribution in [3.05, 3.63) is 22.8 Å². The average Bonchev–Trinajstić information content (AvgIpc) is 2.94. The summed E-state index contributed by atoms with van der Waals surface area (Å²) in [6, 6.07) is 1.81. The fourth-order valence-corrected chi connectivity index (χ4v) is 1.95. The highest BCUT2D eigenvalue weighted by atomic mass is 16.5. The molecule has 2 rings (SSSR count). The number of aliphatic hydroxyl groups is 1. The molecule has 0 spiro atoms. The van der Waals surface area contributed by atoms with E-state index in [0.717, 1.165) is 24.0 Å². The molecule has 2 N–H and O–H groups in total. The monoisotopic (exact) mass is 208 g/mol. The number of rotatable bonds is 2. The zero-order valence-corrected chi connectivity index (χ0v) is 9.29. The summed E-state index contributed by atoms with van der Waals surface area (Å²) < 4.78 is 5.26. The lowest BCUT2D eigenvalue weighted by Gasteiger charge is -2.18. The zero-order chi connectivity index (χ0) is 11.2. The molecule has 0 atom stereocenters. The molecule has 1 aliphatic carbocycles. The molecule has 15 heavy (non-hydrogen) atoms. The Hall–Kier alpha value is -1.22. The Balaban J connectivity index is 2.63. The molecule has 1 fully saturated rings. The maximum absolute atomic E-state index is 10.1. The molecule has 0 bridgehead atoms. The highest BCUT2D eigenvalue weighted by molar-refractivity contribution is 5.55. The summed E-state index contributed by atoms with van der Waals surface area (Å²) in [5, 5.41) is 19.9. The molecular formula is C12H16O3. The zero-order valence-electron chi connectivity index (χ0n) is 9.29. The van der Waals surface area contributed by atoms with Crippen molar-refractivity contribution < 1.29 is 14.9 Å². The molecule has 0 saturated heterocycles. The SMILES string of the molecule is COc1c(C2(O)CC2)cc(C)c(O)c1C. The fourth-order valence-electron chi connectivity index (χ4n) is 1.95. The van der Waals surface area contributed by atoms with Crippen molar-refractivity contribution in [3.63, 3.8) is 0 Å². The van der Waals surface area contributed by atoms with Gasteiger partial charge >= 0.3 is 0 Å². The molecule has 1 aromatic rings. The van der Waals surface area contributed by atoms with Crippen LogP contribution in [0.3, 0.4) is 0 Å². The second kappa shape index (κ2) is 3.14. The Morgan fingerprint density at radius 3 is 2.40 bits per heavy atom. The minimum Gasteiger partial charge on any atom is -0.507 e. The highest BCUT2D eigenvalue weighted by Gasteiger charge is 2.45. The van der Waals surface area contributed by atoms with Gasteiger partial charge in [0.05, 0.1) is 12.7 Å². The van der Waals surface area contributed by atoms with E-state index in [1.807, 2.05) is 13.0 Å². The third-order valence-corrected chi connectivity index (χ3v) is 3.10. The maximum Gasteiger partial charge on any atom is 0.131 e. The molecule has 1 saturated carbocycles. The largest absolute Gasteiger partial charge is 0.507 e. The fraction of sp³-hybridized carbons (Fsp3) is 0.500. The molecule has 0 radical (unpaired) electrons. The van der Waals surface area contributed by atoms with E-state index in [1.165, 1.54) is 0 Å². The van der Waals surface area contributed by atoms with E-state index in [-0.39, 0.29) is 5.75 Å². The first-order chi connectivity index (χ1) is 6.99. The number of phenolic OH excluding ortho intramolecular Hbond substituents is 1. The van der Waals surface area contributed by atoms with Gasteiger partial charge in [-0.3, -0.25) is 0 Å². The first-order valence-electron chi connectivity index (χ1n) is 5.09. The molecule has 0 amide bonds. The van der Waals surface area contributed by atoms with E-state index in [0.29, 0.717) is 11.3 Å². The lowest BCUT2D eigenvalue weighted by molar-refractivity contribution is 0.147. The number of benzene rings is 1. The van der Waals surface area contributed by atoms with Gasteiger partial charge in [-0.05, 0) is 38.3 Å². The quantitative estimate of drug-likeness (QED) is 0.781. The van der Waals surface area contributed by atoms with Gasteiger partial charge < -0.3 is 14.9 Å². The van der Waals surface area contributed by atoms with E-state index in [1.54, 1.807) is 14.0 Å². The molecule has 1 aliphatic rings. The smallest absolute Gasteiger partial charge is 0.131 e. The predicted octanol–water partition coefficient (Wildman–Crippen LogP) is 2.00. The normalized spacial score (nSPS) is 17.6. The Bertz CT molecular complexity index is 406. The summed E-state index contributed by atoms with van der Waals surface area (Å²) in [5.74, 6) is 0.859. The van der Waals surface area contributed by atoms with Crippen LogP contribution in [0.15, 0.2) is 6.07 Å². The summed E-state index contributed by atoms with van der Waals surface area (Å²) in [5.41, 5.74) is 1.56. The van der Waals surface area contributed by atoms with Crippen molar-refractivity contribution in [2.24, 2.45) is 0 Å². The molecule has 0 aromatic heterocycles. The summed E-state index contributed by atoms with van der Waals surface area (Å²) in [6.07, 6.45) is 1.54. The molecule has 0 unspecified atom stereocenters. The molecule has 3 heteroatoms. The second-order valence-corrected chi connectivity index (χ2v) is 4.28. The lowest BCUT2D eigenvalue weighted by atomic mass is 9.98. The van der Waals surface area contributed by atoms with Gasteiger partial charge in [-0.2, -0.15) is 0 Å². The standard InChI is InChI=1S/C12H16O3/c1-7-6-9(12(14)4-5-12)11(15-3)8(2)10(7)13/h6,13-14H,4-5H2,1-3H3. The van der Waals surface area contributed by atoms with E-state index in [2.05, 4.69) is 0 Å². The number of hydrogen-bond donors (Lipinski definition) is 2. The topological polar surface area (TPSA) is 49.7 Å². The molecular weight excluding hydrogens is 192 g/mol. The van der Waals surface area contributed by atoms with Gasteiger partial charge in [-0.25, -0.2) is 0 Å². The Morgan fingerprint density at radius 1 is 1.33 bits per heavy atom. The minimum absolute atomic E-state index is 0.250. The van der Waals surface area contributed by atoms with Crippen molar-refractivity contribution >= 4 is 0 Å². The van der Waals surface area contributed by atoms with Gasteiger partial charge in [0.2, 0.25) is 0 Å². The van der Waals surface area contributed by atoms with E-state index in [9.17, 15) is 10.2 Å². The van der Waals surface area contributed by atoms with Crippen molar-refractivity contribution in [2.45, 2.75) is 32.3 Å². The lowest BCUT2D eigenvalue weighted by Crippen LogP contribution is -2.08. The van der Waals surface area contributed by atoms with Crippen LogP contribution in [0.2, 0.25) is 0 Å². The van der Waals surface area contributed by atoms with Crippen molar-refractivity contribution in [2.75, 3.05) is 7.11 Å². The van der Waals surface area contributed by atoms with E-state index < -0.39 is 5.60 Å². The van der Waals surface area contributed by atoms with Crippen LogP contribution in [0.25, 0.3) is 0 Å². The van der Waals surface area contributed by atoms with Gasteiger partial charge in [0.1, 0.15) is 11.5 Å². The number of phenols is 1. The van der Waals surface area contributed by atoms with Crippen LogP contribution >= 0.6 is 0 Å². The van der Waals surface area contributed by atoms with Crippen LogP contribution in [0.5, 0.6) is 11.5 Å². The number of ether oxygens (including phenoxy) is 1. The molecule has 0 aliphatic heterocycles. The average molecular weight is 208 g/mol. The van der Waals surface area contributed by atoms with Gasteiger partial charge in [0.25, 0.3) is 0 Å². The summed E-state index contributed by atoms with van der Waals surface area (Å²) in [4.78, 5) is 0. The molecule has 1 aromatic carbocycles. The first kappa shape index (κ1) is 10.3. The summed E-state index contributed by atoms with van der Waals surface area (Å²) in [7, 11) is 1.56. The number of aromatic hydroxyl groups is 1. The Labute approximate surface area is 89.3 Å². The summed E-state index contributed by atoms with van der Waals surface area (Å²) in [6.45, 7) is 3.63. The summed E-state index contributed by atoms with van der Waals surface area (Å²) >= 11 is 0. The third kappa shape index (κ3) is 1.47. The highest BCUT2D eigenvalue weighted by Crippen LogP contribution is 2.51. The maximum atomic E-state index is 10.1. The molecule has 3 nitrogen and oxygen atoms in total. The van der Waals surface area contributed by atoms with Crippen molar-refractivity contribution in [1.29, 1.82) is 0 Å². The Kier molecular flexibility index (Phi) is 2.15. The van der Waals surface area contributed by atoms with Crippen LogP contribution in [-0.2, 0) is 5.60 Å². The minimum atomic E-state index is -0.728. The van der Waals surface area contributed by atoms with Crippen LogP contribution in [0.1, 0.15) is 29.5 Å². The van der Waals surface area contributed by atoms with E-state index >= 15 is 0 Å². The Morgan fingerprint density at radius 2 is 1.93 bits per heavy atom. The van der Waals surface area contributed by atoms with Crippen LogP contribution < -0.4 is 4.74 Å². The molecule has 0 heterocycles. The van der Waals surface area contributed by atoms with Gasteiger partial charge in [-0.1, -0.05) is 0 Å². The third-order valence-electron chi connectivity index (χ3n) is 3.10. The van der Waals surface area contributed by atoms with Crippen molar-refractivity contribution in [3.8, 4) is 11.5 Å². The van der Waals surface area contributed by atoms with E-state index in [4.69, 9.17) is 4.74 Å². The molecule has 82 valence electrons. The predicted molar refractivity (Wildman–Crippen MR) is 57.3 cm³/mol. The number of aryl methyl sites for hydroxylation is 1. The van der Waals surface area contributed by atoms with Gasteiger partial charge in [0.15, 0.2) is 0 Å². The second-order valence-electron chi connectivity index (χ2n) is 4.28. The van der Waals surface area contributed by atoms with Crippen LogP contribution in [-0.4, -0.2) is 17.3 Å². The van der Waals surface area contributed by atoms with Crippen molar-refractivity contribution in [1.82, 2.24) is 0 Å².